The molecule has 3 aliphatic rings. The molecule has 0 radical (unpaired) electrons. The van der Waals surface area contributed by atoms with Gasteiger partial charge in [-0.05, 0) is 86.3 Å². The van der Waals surface area contributed by atoms with Crippen LogP contribution in [0.1, 0.15) is 67.4 Å². The van der Waals surface area contributed by atoms with Crippen LogP contribution in [0.25, 0.3) is 11.1 Å². The lowest BCUT2D eigenvalue weighted by atomic mass is 9.84. The molecule has 0 spiro atoms. The molecule has 2 aromatic rings. The quantitative estimate of drug-likeness (QED) is 0.439. The fourth-order valence-electron chi connectivity index (χ4n) is 6.95. The second kappa shape index (κ2) is 13.6. The number of hydrogen-bond acceptors (Lipinski definition) is 6. The number of carbonyl (C=O) groups is 2. The van der Waals surface area contributed by atoms with Crippen molar-refractivity contribution in [3.05, 3.63) is 53.1 Å². The summed E-state index contributed by atoms with van der Waals surface area (Å²) in [7, 11) is 2.15. The summed E-state index contributed by atoms with van der Waals surface area (Å²) in [6.45, 7) is 10.9. The predicted octanol–water partition coefficient (Wildman–Crippen LogP) is 4.09. The number of nitrogens with two attached hydrogens (primary N) is 1. The molecule has 0 aromatic heterocycles. The van der Waals surface area contributed by atoms with E-state index in [9.17, 15) is 9.59 Å². The largest absolute Gasteiger partial charge is 0.379 e. The Kier molecular flexibility index (Phi) is 9.86. The molecule has 3 atom stereocenters. The van der Waals surface area contributed by atoms with Crippen LogP contribution in [0.3, 0.4) is 0 Å². The highest BCUT2D eigenvalue weighted by Crippen LogP contribution is 2.34. The maximum atomic E-state index is 13.7. The van der Waals surface area contributed by atoms with Crippen LogP contribution in [-0.2, 0) is 16.1 Å². The molecule has 3 fully saturated rings. The second-order valence-electron chi connectivity index (χ2n) is 12.9. The lowest BCUT2D eigenvalue weighted by Crippen LogP contribution is -2.50. The number of ether oxygens (including phenoxy) is 1. The average Bonchev–Trinajstić information content (AvgIpc) is 2.97. The summed E-state index contributed by atoms with van der Waals surface area (Å²) in [5.74, 6) is -0.101. The molecule has 3 unspecified atom stereocenters. The summed E-state index contributed by atoms with van der Waals surface area (Å²) in [5, 5.41) is 6.16. The number of hydrogen-bond donors (Lipinski definition) is 3. The van der Waals surface area contributed by atoms with E-state index in [1.165, 1.54) is 5.56 Å². The van der Waals surface area contributed by atoms with Gasteiger partial charge in [-0.15, -0.1) is 0 Å². The van der Waals surface area contributed by atoms with Crippen molar-refractivity contribution in [2.45, 2.75) is 77.5 Å². The molecular weight excluding hydrogens is 526 g/mol. The van der Waals surface area contributed by atoms with Gasteiger partial charge in [-0.2, -0.15) is 0 Å². The molecule has 8 heteroatoms. The van der Waals surface area contributed by atoms with Crippen molar-refractivity contribution in [2.75, 3.05) is 44.8 Å². The van der Waals surface area contributed by atoms with Gasteiger partial charge >= 0.3 is 0 Å². The minimum Gasteiger partial charge on any atom is -0.379 e. The van der Waals surface area contributed by atoms with Crippen LogP contribution in [0.15, 0.2) is 36.4 Å². The summed E-state index contributed by atoms with van der Waals surface area (Å²) < 4.78 is 5.50. The number of morpholine rings is 1. The monoisotopic (exact) mass is 575 g/mol. The third kappa shape index (κ3) is 7.16. The molecule has 42 heavy (non-hydrogen) atoms. The van der Waals surface area contributed by atoms with Gasteiger partial charge in [0, 0.05) is 62.6 Å². The molecule has 8 nitrogen and oxygen atoms in total. The molecule has 4 N–H and O–H groups in total. The van der Waals surface area contributed by atoms with Crippen molar-refractivity contribution >= 4 is 17.5 Å². The number of anilines is 1. The SMILES string of the molecule is Cc1c(C(=O)NCC2C(=O)NC(C)CC2C)cc(-c2ccc(CN3CCOCC3)cc2)cc1N(C)C1CCC(N)CC1. The van der Waals surface area contributed by atoms with Crippen LogP contribution < -0.4 is 21.3 Å². The molecule has 2 aromatic carbocycles. The minimum atomic E-state index is -0.221. The first-order valence-electron chi connectivity index (χ1n) is 15.8. The fourth-order valence-corrected chi connectivity index (χ4v) is 6.95. The number of rotatable bonds is 8. The highest BCUT2D eigenvalue weighted by atomic mass is 16.5. The van der Waals surface area contributed by atoms with E-state index in [1.807, 2.05) is 19.9 Å². The molecule has 228 valence electrons. The van der Waals surface area contributed by atoms with E-state index in [-0.39, 0.29) is 35.7 Å². The van der Waals surface area contributed by atoms with Gasteiger partial charge in [0.2, 0.25) is 5.91 Å². The van der Waals surface area contributed by atoms with Gasteiger partial charge in [-0.1, -0.05) is 31.2 Å². The Labute approximate surface area is 251 Å². The van der Waals surface area contributed by atoms with Crippen molar-refractivity contribution in [2.24, 2.45) is 17.6 Å². The van der Waals surface area contributed by atoms with Gasteiger partial charge in [-0.25, -0.2) is 0 Å². The standard InChI is InChI=1S/C34H49N5O3/c1-22-17-23(2)37-34(41)31(22)20-36-33(40)30-18-27(19-32(24(30)3)38(4)29-11-9-28(35)10-12-29)26-7-5-25(6-8-26)21-39-13-15-42-16-14-39/h5-8,18-19,22-23,28-29,31H,9-17,20-21,35H2,1-4H3,(H,36,40)(H,37,41). The molecule has 2 amide bonds. The predicted molar refractivity (Wildman–Crippen MR) is 169 cm³/mol. The van der Waals surface area contributed by atoms with Crippen molar-refractivity contribution in [1.82, 2.24) is 15.5 Å². The van der Waals surface area contributed by atoms with Gasteiger partial charge in [-0.3, -0.25) is 14.5 Å². The summed E-state index contributed by atoms with van der Waals surface area (Å²) in [4.78, 5) is 31.2. The van der Waals surface area contributed by atoms with E-state index in [2.05, 4.69) is 64.7 Å². The summed E-state index contributed by atoms with van der Waals surface area (Å²) in [5.41, 5.74) is 12.3. The van der Waals surface area contributed by atoms with E-state index in [1.54, 1.807) is 0 Å². The third-order valence-corrected chi connectivity index (χ3v) is 9.71. The second-order valence-corrected chi connectivity index (χ2v) is 12.9. The Morgan fingerprint density at radius 3 is 2.43 bits per heavy atom. The smallest absolute Gasteiger partial charge is 0.251 e. The number of carbonyl (C=O) groups excluding carboxylic acids is 2. The molecule has 0 bridgehead atoms. The van der Waals surface area contributed by atoms with Crippen molar-refractivity contribution in [3.8, 4) is 11.1 Å². The summed E-state index contributed by atoms with van der Waals surface area (Å²) in [6.07, 6.45) is 5.05. The first-order valence-corrected chi connectivity index (χ1v) is 15.8. The topological polar surface area (TPSA) is 99.9 Å². The normalized spacial score (nSPS) is 26.9. The minimum absolute atomic E-state index is 0.0279. The molecule has 5 rings (SSSR count). The van der Waals surface area contributed by atoms with Crippen LogP contribution >= 0.6 is 0 Å². The Bertz CT molecular complexity index is 1230. The van der Waals surface area contributed by atoms with Crippen LogP contribution in [-0.4, -0.2) is 74.7 Å². The van der Waals surface area contributed by atoms with Crippen molar-refractivity contribution in [1.29, 1.82) is 0 Å². The van der Waals surface area contributed by atoms with Gasteiger partial charge in [0.05, 0.1) is 19.1 Å². The zero-order valence-corrected chi connectivity index (χ0v) is 25.8. The third-order valence-electron chi connectivity index (χ3n) is 9.71. The molecule has 2 heterocycles. The Morgan fingerprint density at radius 1 is 1.07 bits per heavy atom. The van der Waals surface area contributed by atoms with Crippen LogP contribution in [0, 0.1) is 18.8 Å². The number of nitrogens with one attached hydrogen (secondary N) is 2. The van der Waals surface area contributed by atoms with Gasteiger partial charge in [0.15, 0.2) is 0 Å². The van der Waals surface area contributed by atoms with Gasteiger partial charge < -0.3 is 26.0 Å². The number of nitrogens with zero attached hydrogens (tertiary/aromatic N) is 2. The highest BCUT2D eigenvalue weighted by molar-refractivity contribution is 5.99. The number of amides is 2. The molecular formula is C34H49N5O3. The van der Waals surface area contributed by atoms with E-state index in [0.717, 1.165) is 87.3 Å². The van der Waals surface area contributed by atoms with E-state index < -0.39 is 0 Å². The van der Waals surface area contributed by atoms with Gasteiger partial charge in [0.25, 0.3) is 5.91 Å². The molecule has 2 saturated heterocycles. The number of piperidine rings is 1. The number of benzene rings is 2. The Balaban J connectivity index is 1.40. The molecule has 1 saturated carbocycles. The first-order chi connectivity index (χ1) is 20.2. The molecule has 1 aliphatic carbocycles. The van der Waals surface area contributed by atoms with E-state index >= 15 is 0 Å². The first kappa shape index (κ1) is 30.5. The zero-order chi connectivity index (χ0) is 29.8. The average molecular weight is 576 g/mol. The van der Waals surface area contributed by atoms with Crippen molar-refractivity contribution in [3.63, 3.8) is 0 Å². The lowest BCUT2D eigenvalue weighted by molar-refractivity contribution is -0.129. The molecule has 2 aliphatic heterocycles. The van der Waals surface area contributed by atoms with E-state index in [0.29, 0.717) is 18.2 Å². The van der Waals surface area contributed by atoms with Crippen LogP contribution in [0.2, 0.25) is 0 Å². The Morgan fingerprint density at radius 2 is 1.76 bits per heavy atom. The fraction of sp³-hybridized carbons (Fsp3) is 0.588. The summed E-state index contributed by atoms with van der Waals surface area (Å²) in [6, 6.07) is 13.8. The summed E-state index contributed by atoms with van der Waals surface area (Å²) >= 11 is 0. The van der Waals surface area contributed by atoms with Gasteiger partial charge in [0.1, 0.15) is 0 Å². The van der Waals surface area contributed by atoms with E-state index in [4.69, 9.17) is 10.5 Å². The maximum absolute atomic E-state index is 13.7. The lowest BCUT2D eigenvalue weighted by Gasteiger charge is -2.36. The van der Waals surface area contributed by atoms with Crippen LogP contribution in [0.4, 0.5) is 5.69 Å². The Hall–Kier alpha value is -2.94. The highest BCUT2D eigenvalue weighted by Gasteiger charge is 2.33. The van der Waals surface area contributed by atoms with Crippen LogP contribution in [0.5, 0.6) is 0 Å². The van der Waals surface area contributed by atoms with Crippen molar-refractivity contribution < 1.29 is 14.3 Å². The maximum Gasteiger partial charge on any atom is 0.251 e. The zero-order valence-electron chi connectivity index (χ0n) is 25.8.